The van der Waals surface area contributed by atoms with Gasteiger partial charge in [-0.1, -0.05) is 12.1 Å². The minimum atomic E-state index is -0.286. The fourth-order valence-corrected chi connectivity index (χ4v) is 3.11. The van der Waals surface area contributed by atoms with Crippen LogP contribution in [0, 0.1) is 0 Å². The number of anilines is 1. The number of ether oxygens (including phenoxy) is 2. The number of nitrogens with zero attached hydrogens (tertiary/aromatic N) is 1. The van der Waals surface area contributed by atoms with Gasteiger partial charge in [0.05, 0.1) is 13.2 Å². The predicted octanol–water partition coefficient (Wildman–Crippen LogP) is 1.92. The van der Waals surface area contributed by atoms with Gasteiger partial charge in [-0.25, -0.2) is 0 Å². The van der Waals surface area contributed by atoms with Crippen LogP contribution in [0.1, 0.15) is 25.3 Å². The van der Waals surface area contributed by atoms with E-state index in [2.05, 4.69) is 29.2 Å². The Balaban J connectivity index is 1.60. The van der Waals surface area contributed by atoms with E-state index in [0.29, 0.717) is 0 Å². The van der Waals surface area contributed by atoms with E-state index < -0.39 is 0 Å². The summed E-state index contributed by atoms with van der Waals surface area (Å²) in [7, 11) is 0. The molecule has 1 unspecified atom stereocenters. The summed E-state index contributed by atoms with van der Waals surface area (Å²) in [6, 6.07) is 8.99. The standard InChI is InChI=1S/C16H24N2O2/c1-13(17)12-14-2-4-15(5-3-14)18-8-6-16(7-9-18)19-10-11-20-16/h2-5,13H,6-12,17H2,1H3. The summed E-state index contributed by atoms with van der Waals surface area (Å²) in [6.07, 6.45) is 2.84. The minimum absolute atomic E-state index is 0.215. The van der Waals surface area contributed by atoms with Crippen LogP contribution in [-0.4, -0.2) is 38.1 Å². The number of nitrogens with two attached hydrogens (primary N) is 1. The van der Waals surface area contributed by atoms with Gasteiger partial charge in [-0.15, -0.1) is 0 Å². The molecule has 0 saturated carbocycles. The number of rotatable bonds is 3. The predicted molar refractivity (Wildman–Crippen MR) is 79.9 cm³/mol. The lowest BCUT2D eigenvalue weighted by Crippen LogP contribution is -2.45. The summed E-state index contributed by atoms with van der Waals surface area (Å²) in [4.78, 5) is 2.41. The van der Waals surface area contributed by atoms with E-state index in [-0.39, 0.29) is 11.8 Å². The normalized spacial score (nSPS) is 23.2. The maximum absolute atomic E-state index is 5.83. The van der Waals surface area contributed by atoms with E-state index in [0.717, 1.165) is 45.6 Å². The van der Waals surface area contributed by atoms with Crippen molar-refractivity contribution in [1.29, 1.82) is 0 Å². The Bertz CT molecular complexity index is 428. The molecular formula is C16H24N2O2. The van der Waals surface area contributed by atoms with E-state index in [1.165, 1.54) is 11.3 Å². The Labute approximate surface area is 120 Å². The summed E-state index contributed by atoms with van der Waals surface area (Å²) in [5.41, 5.74) is 8.42. The second-order valence-electron chi connectivity index (χ2n) is 5.94. The lowest BCUT2D eigenvalue weighted by atomic mass is 10.0. The average Bonchev–Trinajstić information content (AvgIpc) is 2.89. The largest absolute Gasteiger partial charge is 0.371 e. The fourth-order valence-electron chi connectivity index (χ4n) is 3.11. The molecule has 2 saturated heterocycles. The van der Waals surface area contributed by atoms with E-state index in [1.807, 2.05) is 6.92 Å². The molecule has 4 nitrogen and oxygen atoms in total. The number of hydrogen-bond donors (Lipinski definition) is 1. The summed E-state index contributed by atoms with van der Waals surface area (Å²) in [5, 5.41) is 0. The number of benzene rings is 1. The molecule has 1 atom stereocenters. The van der Waals surface area contributed by atoms with Crippen molar-refractivity contribution in [3.63, 3.8) is 0 Å². The second-order valence-corrected chi connectivity index (χ2v) is 5.94. The van der Waals surface area contributed by atoms with E-state index in [9.17, 15) is 0 Å². The van der Waals surface area contributed by atoms with Crippen molar-refractivity contribution in [1.82, 2.24) is 0 Å². The molecule has 0 amide bonds. The van der Waals surface area contributed by atoms with Crippen molar-refractivity contribution in [3.8, 4) is 0 Å². The van der Waals surface area contributed by atoms with Crippen LogP contribution in [0.5, 0.6) is 0 Å². The molecule has 2 fully saturated rings. The molecular weight excluding hydrogens is 252 g/mol. The summed E-state index contributed by atoms with van der Waals surface area (Å²) in [6.45, 7) is 5.51. The highest BCUT2D eigenvalue weighted by Crippen LogP contribution is 2.33. The third kappa shape index (κ3) is 2.97. The smallest absolute Gasteiger partial charge is 0.171 e. The topological polar surface area (TPSA) is 47.7 Å². The highest BCUT2D eigenvalue weighted by molar-refractivity contribution is 5.48. The van der Waals surface area contributed by atoms with Crippen LogP contribution < -0.4 is 10.6 Å². The zero-order valence-corrected chi connectivity index (χ0v) is 12.2. The van der Waals surface area contributed by atoms with Gasteiger partial charge in [0.25, 0.3) is 0 Å². The SMILES string of the molecule is CC(N)Cc1ccc(N2CCC3(CC2)OCCO3)cc1. The van der Waals surface area contributed by atoms with Crippen LogP contribution in [0.3, 0.4) is 0 Å². The maximum Gasteiger partial charge on any atom is 0.171 e. The molecule has 20 heavy (non-hydrogen) atoms. The summed E-state index contributed by atoms with van der Waals surface area (Å²) in [5.74, 6) is -0.286. The maximum atomic E-state index is 5.83. The first-order valence-electron chi connectivity index (χ1n) is 7.54. The van der Waals surface area contributed by atoms with Gasteiger partial charge >= 0.3 is 0 Å². The van der Waals surface area contributed by atoms with E-state index in [4.69, 9.17) is 15.2 Å². The molecule has 1 spiro atoms. The van der Waals surface area contributed by atoms with Crippen LogP contribution in [-0.2, 0) is 15.9 Å². The Morgan fingerprint density at radius 2 is 1.75 bits per heavy atom. The van der Waals surface area contributed by atoms with Gasteiger partial charge in [-0.3, -0.25) is 0 Å². The molecule has 0 radical (unpaired) electrons. The molecule has 1 aromatic rings. The first kappa shape index (κ1) is 13.9. The van der Waals surface area contributed by atoms with Crippen LogP contribution in [0.25, 0.3) is 0 Å². The zero-order valence-electron chi connectivity index (χ0n) is 12.2. The van der Waals surface area contributed by atoms with Gasteiger partial charge in [0.2, 0.25) is 0 Å². The first-order chi connectivity index (χ1) is 9.67. The number of piperidine rings is 1. The molecule has 0 aromatic heterocycles. The molecule has 110 valence electrons. The molecule has 4 heteroatoms. The van der Waals surface area contributed by atoms with E-state index >= 15 is 0 Å². The van der Waals surface area contributed by atoms with Gasteiger partial charge in [0.1, 0.15) is 0 Å². The zero-order chi connectivity index (χ0) is 14.0. The first-order valence-corrected chi connectivity index (χ1v) is 7.54. The Morgan fingerprint density at radius 3 is 2.30 bits per heavy atom. The average molecular weight is 276 g/mol. The van der Waals surface area contributed by atoms with Crippen molar-refractivity contribution in [3.05, 3.63) is 29.8 Å². The lowest BCUT2D eigenvalue weighted by molar-refractivity contribution is -0.169. The van der Waals surface area contributed by atoms with Crippen molar-refractivity contribution >= 4 is 5.69 Å². The van der Waals surface area contributed by atoms with Gasteiger partial charge in [0, 0.05) is 37.7 Å². The van der Waals surface area contributed by atoms with Crippen LogP contribution in [0.15, 0.2) is 24.3 Å². The third-order valence-electron chi connectivity index (χ3n) is 4.20. The summed E-state index contributed by atoms with van der Waals surface area (Å²) >= 11 is 0. The monoisotopic (exact) mass is 276 g/mol. The molecule has 2 aliphatic heterocycles. The second kappa shape index (κ2) is 5.72. The van der Waals surface area contributed by atoms with Crippen LogP contribution >= 0.6 is 0 Å². The lowest BCUT2D eigenvalue weighted by Gasteiger charge is -2.38. The van der Waals surface area contributed by atoms with E-state index in [1.54, 1.807) is 0 Å². The highest BCUT2D eigenvalue weighted by atomic mass is 16.7. The van der Waals surface area contributed by atoms with Gasteiger partial charge < -0.3 is 20.1 Å². The molecule has 1 aromatic carbocycles. The Kier molecular flexibility index (Phi) is 3.96. The minimum Gasteiger partial charge on any atom is -0.371 e. The Hall–Kier alpha value is -1.10. The number of hydrogen-bond acceptors (Lipinski definition) is 4. The van der Waals surface area contributed by atoms with Gasteiger partial charge in [-0.2, -0.15) is 0 Å². The summed E-state index contributed by atoms with van der Waals surface area (Å²) < 4.78 is 11.5. The van der Waals surface area contributed by atoms with Crippen molar-refractivity contribution in [2.75, 3.05) is 31.2 Å². The third-order valence-corrected chi connectivity index (χ3v) is 4.20. The fraction of sp³-hybridized carbons (Fsp3) is 0.625. The van der Waals surface area contributed by atoms with Crippen molar-refractivity contribution in [2.45, 2.75) is 38.0 Å². The van der Waals surface area contributed by atoms with Crippen LogP contribution in [0.2, 0.25) is 0 Å². The quantitative estimate of drug-likeness (QED) is 0.916. The molecule has 2 N–H and O–H groups in total. The van der Waals surface area contributed by atoms with Crippen molar-refractivity contribution in [2.24, 2.45) is 5.73 Å². The Morgan fingerprint density at radius 1 is 1.15 bits per heavy atom. The molecule has 0 bridgehead atoms. The molecule has 2 aliphatic rings. The van der Waals surface area contributed by atoms with Crippen molar-refractivity contribution < 1.29 is 9.47 Å². The molecule has 3 rings (SSSR count). The molecule has 0 aliphatic carbocycles. The van der Waals surface area contributed by atoms with Gasteiger partial charge in [-0.05, 0) is 31.0 Å². The highest BCUT2D eigenvalue weighted by Gasteiger charge is 2.39. The molecule has 2 heterocycles. The van der Waals surface area contributed by atoms with Crippen LogP contribution in [0.4, 0.5) is 5.69 Å². The van der Waals surface area contributed by atoms with Gasteiger partial charge in [0.15, 0.2) is 5.79 Å².